The predicted molar refractivity (Wildman–Crippen MR) is 75.8 cm³/mol. The average Bonchev–Trinajstić information content (AvgIpc) is 2.85. The van der Waals surface area contributed by atoms with Gasteiger partial charge in [0.25, 0.3) is 0 Å². The molecule has 0 aliphatic carbocycles. The lowest BCUT2D eigenvalue weighted by molar-refractivity contribution is 0.320. The van der Waals surface area contributed by atoms with Gasteiger partial charge in [-0.3, -0.25) is 0 Å². The van der Waals surface area contributed by atoms with Gasteiger partial charge in [0.1, 0.15) is 5.71 Å². The lowest BCUT2D eigenvalue weighted by Gasteiger charge is -1.99. The van der Waals surface area contributed by atoms with Crippen LogP contribution in [0.3, 0.4) is 0 Å². The molecule has 0 aliphatic rings. The smallest absolute Gasteiger partial charge is 0.109 e. The van der Waals surface area contributed by atoms with E-state index in [1.807, 2.05) is 47.9 Å². The van der Waals surface area contributed by atoms with Crippen LogP contribution in [0.1, 0.15) is 10.4 Å². The van der Waals surface area contributed by atoms with Gasteiger partial charge in [0.2, 0.25) is 0 Å². The number of thiophene rings is 1. The van der Waals surface area contributed by atoms with Crippen molar-refractivity contribution in [1.82, 2.24) is 0 Å². The largest absolute Gasteiger partial charge is 0.410 e. The second-order valence-corrected chi connectivity index (χ2v) is 5.24. The summed E-state index contributed by atoms with van der Waals surface area (Å²) in [6.45, 7) is 0. The van der Waals surface area contributed by atoms with Crippen LogP contribution in [-0.4, -0.2) is 10.9 Å². The van der Waals surface area contributed by atoms with Crippen molar-refractivity contribution in [2.45, 2.75) is 0 Å². The van der Waals surface area contributed by atoms with E-state index < -0.39 is 0 Å². The highest BCUT2D eigenvalue weighted by Gasteiger charge is 2.00. The molecule has 2 rings (SSSR count). The van der Waals surface area contributed by atoms with Crippen LogP contribution >= 0.6 is 27.3 Å². The SMILES string of the molecule is O/N=C(\C=C\c1cccs1)c1ccc(Br)cc1. The normalized spacial score (nSPS) is 12.2. The van der Waals surface area contributed by atoms with Crippen LogP contribution in [0.15, 0.2) is 57.5 Å². The lowest BCUT2D eigenvalue weighted by Crippen LogP contribution is -1.95. The molecule has 17 heavy (non-hydrogen) atoms. The molecule has 86 valence electrons. The molecule has 4 heteroatoms. The Morgan fingerprint density at radius 1 is 1.24 bits per heavy atom. The van der Waals surface area contributed by atoms with Crippen molar-refractivity contribution in [2.75, 3.05) is 0 Å². The maximum absolute atomic E-state index is 9.01. The van der Waals surface area contributed by atoms with Crippen molar-refractivity contribution in [3.8, 4) is 0 Å². The fourth-order valence-corrected chi connectivity index (χ4v) is 2.24. The quantitative estimate of drug-likeness (QED) is 0.509. The molecule has 1 aromatic heterocycles. The van der Waals surface area contributed by atoms with Crippen LogP contribution in [-0.2, 0) is 0 Å². The number of hydrogen-bond donors (Lipinski definition) is 1. The first-order chi connectivity index (χ1) is 8.29. The number of nitrogens with zero attached hydrogens (tertiary/aromatic N) is 1. The third-order valence-corrected chi connectivity index (χ3v) is 3.56. The van der Waals surface area contributed by atoms with Gasteiger partial charge in [0.05, 0.1) is 0 Å². The summed E-state index contributed by atoms with van der Waals surface area (Å²) >= 11 is 5.01. The van der Waals surface area contributed by atoms with Gasteiger partial charge in [-0.15, -0.1) is 11.3 Å². The second-order valence-electron chi connectivity index (χ2n) is 3.34. The first-order valence-electron chi connectivity index (χ1n) is 4.99. The lowest BCUT2D eigenvalue weighted by atomic mass is 10.1. The molecule has 2 nitrogen and oxygen atoms in total. The number of oxime groups is 1. The Morgan fingerprint density at radius 3 is 2.59 bits per heavy atom. The number of hydrogen-bond acceptors (Lipinski definition) is 3. The molecule has 0 aliphatic heterocycles. The molecule has 2 aromatic rings. The summed E-state index contributed by atoms with van der Waals surface area (Å²) in [6.07, 6.45) is 3.73. The zero-order chi connectivity index (χ0) is 12.1. The molecule has 0 unspecified atom stereocenters. The van der Waals surface area contributed by atoms with Crippen LogP contribution in [0.25, 0.3) is 6.08 Å². The third kappa shape index (κ3) is 3.28. The Labute approximate surface area is 112 Å². The Morgan fingerprint density at radius 2 is 2.00 bits per heavy atom. The van der Waals surface area contributed by atoms with Gasteiger partial charge in [0, 0.05) is 14.9 Å². The Hall–Kier alpha value is -1.39. The second kappa shape index (κ2) is 5.80. The molecule has 0 fully saturated rings. The van der Waals surface area contributed by atoms with Crippen LogP contribution in [0.5, 0.6) is 0 Å². The van der Waals surface area contributed by atoms with Crippen LogP contribution < -0.4 is 0 Å². The van der Waals surface area contributed by atoms with Gasteiger partial charge < -0.3 is 5.21 Å². The molecule has 1 aromatic carbocycles. The van der Waals surface area contributed by atoms with Gasteiger partial charge in [-0.25, -0.2) is 0 Å². The zero-order valence-corrected chi connectivity index (χ0v) is 11.3. The van der Waals surface area contributed by atoms with Crippen molar-refractivity contribution in [3.05, 3.63) is 62.8 Å². The molecule has 0 bridgehead atoms. The topological polar surface area (TPSA) is 32.6 Å². The average molecular weight is 308 g/mol. The third-order valence-electron chi connectivity index (χ3n) is 2.20. The number of rotatable bonds is 3. The standard InChI is InChI=1S/C13H10BrNOS/c14-11-5-3-10(4-6-11)13(15-16)8-7-12-2-1-9-17-12/h1-9,16H/b8-7+,15-13+. The van der Waals surface area contributed by atoms with Crippen LogP contribution in [0.4, 0.5) is 0 Å². The first-order valence-corrected chi connectivity index (χ1v) is 6.66. The van der Waals surface area contributed by atoms with E-state index in [-0.39, 0.29) is 0 Å². The maximum Gasteiger partial charge on any atom is 0.109 e. The summed E-state index contributed by atoms with van der Waals surface area (Å²) in [7, 11) is 0. The van der Waals surface area contributed by atoms with Crippen molar-refractivity contribution < 1.29 is 5.21 Å². The number of halogens is 1. The van der Waals surface area contributed by atoms with Gasteiger partial charge in [-0.05, 0) is 35.7 Å². The van der Waals surface area contributed by atoms with Crippen molar-refractivity contribution in [2.24, 2.45) is 5.16 Å². The highest BCUT2D eigenvalue weighted by molar-refractivity contribution is 9.10. The Bertz CT molecular complexity index is 529. The van der Waals surface area contributed by atoms with Gasteiger partial charge >= 0.3 is 0 Å². The monoisotopic (exact) mass is 307 g/mol. The van der Waals surface area contributed by atoms with E-state index in [1.165, 1.54) is 0 Å². The predicted octanol–water partition coefficient (Wildman–Crippen LogP) is 4.40. The van der Waals surface area contributed by atoms with Crippen LogP contribution in [0.2, 0.25) is 0 Å². The summed E-state index contributed by atoms with van der Waals surface area (Å²) in [5.74, 6) is 0. The van der Waals surface area contributed by atoms with Crippen molar-refractivity contribution in [3.63, 3.8) is 0 Å². The summed E-state index contributed by atoms with van der Waals surface area (Å²) in [5.41, 5.74) is 1.43. The first kappa shape index (κ1) is 12.1. The Balaban J connectivity index is 2.20. The zero-order valence-electron chi connectivity index (χ0n) is 8.88. The maximum atomic E-state index is 9.01. The molecule has 0 radical (unpaired) electrons. The van der Waals surface area contributed by atoms with E-state index in [9.17, 15) is 0 Å². The van der Waals surface area contributed by atoms with Gasteiger partial charge in [-0.1, -0.05) is 39.3 Å². The molecule has 0 atom stereocenters. The highest BCUT2D eigenvalue weighted by Crippen LogP contribution is 2.14. The summed E-state index contributed by atoms with van der Waals surface area (Å²) < 4.78 is 1.00. The Kier molecular flexibility index (Phi) is 4.12. The summed E-state index contributed by atoms with van der Waals surface area (Å²) in [4.78, 5) is 1.13. The van der Waals surface area contributed by atoms with E-state index in [0.29, 0.717) is 5.71 Å². The number of allylic oxidation sites excluding steroid dienone is 1. The van der Waals surface area contributed by atoms with Gasteiger partial charge in [-0.2, -0.15) is 0 Å². The minimum Gasteiger partial charge on any atom is -0.410 e. The minimum atomic E-state index is 0.547. The fourth-order valence-electron chi connectivity index (χ4n) is 1.36. The molecule has 1 N–H and O–H groups in total. The van der Waals surface area contributed by atoms with Crippen LogP contribution in [0, 0.1) is 0 Å². The summed E-state index contributed by atoms with van der Waals surface area (Å²) in [6, 6.07) is 11.6. The number of benzene rings is 1. The van der Waals surface area contributed by atoms with E-state index in [2.05, 4.69) is 21.1 Å². The van der Waals surface area contributed by atoms with E-state index in [0.717, 1.165) is 14.9 Å². The van der Waals surface area contributed by atoms with Gasteiger partial charge in [0.15, 0.2) is 0 Å². The highest BCUT2D eigenvalue weighted by atomic mass is 79.9. The van der Waals surface area contributed by atoms with Crippen molar-refractivity contribution in [1.29, 1.82) is 0 Å². The molecule has 0 amide bonds. The molecular weight excluding hydrogens is 298 g/mol. The molecular formula is C13H10BrNOS. The minimum absolute atomic E-state index is 0.547. The molecule has 0 saturated carbocycles. The molecule has 1 heterocycles. The van der Waals surface area contributed by atoms with E-state index >= 15 is 0 Å². The molecule has 0 spiro atoms. The van der Waals surface area contributed by atoms with E-state index in [1.54, 1.807) is 17.4 Å². The van der Waals surface area contributed by atoms with Crippen molar-refractivity contribution >= 4 is 39.1 Å². The fraction of sp³-hybridized carbons (Fsp3) is 0. The molecule has 0 saturated heterocycles. The van der Waals surface area contributed by atoms with E-state index in [4.69, 9.17) is 5.21 Å². The summed E-state index contributed by atoms with van der Waals surface area (Å²) in [5, 5.41) is 14.3.